The molecule has 42 heavy (non-hydrogen) atoms. The molecule has 0 spiro atoms. The van der Waals surface area contributed by atoms with E-state index in [1.807, 2.05) is 72.8 Å². The quantitative estimate of drug-likeness (QED) is 0.257. The molecule has 3 aromatic carbocycles. The Balaban J connectivity index is 1.43. The van der Waals surface area contributed by atoms with Crippen molar-refractivity contribution in [2.75, 3.05) is 20.8 Å². The largest absolute Gasteiger partial charge is 0.496 e. The zero-order chi connectivity index (χ0) is 29.5. The predicted molar refractivity (Wildman–Crippen MR) is 157 cm³/mol. The zero-order valence-electron chi connectivity index (χ0n) is 24.5. The summed E-state index contributed by atoms with van der Waals surface area (Å²) in [5.74, 6) is 1.01. The van der Waals surface area contributed by atoms with E-state index in [0.717, 1.165) is 34.4 Å². The fourth-order valence-corrected chi connectivity index (χ4v) is 6.26. The van der Waals surface area contributed by atoms with Crippen molar-refractivity contribution in [2.45, 2.75) is 58.2 Å². The maximum absolute atomic E-state index is 13.6. The summed E-state index contributed by atoms with van der Waals surface area (Å²) >= 11 is 0. The van der Waals surface area contributed by atoms with Crippen molar-refractivity contribution in [1.29, 1.82) is 0 Å². The number of amides is 1. The van der Waals surface area contributed by atoms with Crippen LogP contribution in [0.25, 0.3) is 0 Å². The molecular weight excluding hydrogens is 534 g/mol. The average Bonchev–Trinajstić information content (AvgIpc) is 3.03. The van der Waals surface area contributed by atoms with Gasteiger partial charge >= 0.3 is 12.1 Å². The summed E-state index contributed by atoms with van der Waals surface area (Å²) in [6.07, 6.45) is 1.05. The monoisotopic (exact) mass is 573 g/mol. The van der Waals surface area contributed by atoms with Crippen molar-refractivity contribution in [2.24, 2.45) is 11.8 Å². The molecule has 2 aliphatic rings. The Hall–Kier alpha value is -4.04. The Morgan fingerprint density at radius 2 is 1.55 bits per heavy atom. The maximum Gasteiger partial charge on any atom is 0.410 e. The summed E-state index contributed by atoms with van der Waals surface area (Å²) in [6.45, 7) is 3.06. The van der Waals surface area contributed by atoms with Gasteiger partial charge in [-0.2, -0.15) is 0 Å². The van der Waals surface area contributed by atoms with E-state index in [2.05, 4.69) is 6.92 Å². The molecule has 3 aromatic rings. The first-order valence-corrected chi connectivity index (χ1v) is 14.6. The lowest BCUT2D eigenvalue weighted by atomic mass is 9.77. The second kappa shape index (κ2) is 13.7. The molecule has 2 unspecified atom stereocenters. The molecule has 8 nitrogen and oxygen atoms in total. The van der Waals surface area contributed by atoms with E-state index in [4.69, 9.17) is 23.7 Å². The highest BCUT2D eigenvalue weighted by Gasteiger charge is 2.43. The van der Waals surface area contributed by atoms with Gasteiger partial charge in [0.2, 0.25) is 6.29 Å². The Morgan fingerprint density at radius 3 is 2.19 bits per heavy atom. The predicted octanol–water partition coefficient (Wildman–Crippen LogP) is 6.46. The van der Waals surface area contributed by atoms with E-state index < -0.39 is 12.4 Å². The van der Waals surface area contributed by atoms with Gasteiger partial charge < -0.3 is 28.6 Å². The topological polar surface area (TPSA) is 83.5 Å². The van der Waals surface area contributed by atoms with Crippen molar-refractivity contribution < 1.29 is 33.3 Å². The first-order valence-electron chi connectivity index (χ1n) is 14.6. The number of nitrogens with zero attached hydrogens (tertiary/aromatic N) is 1. The van der Waals surface area contributed by atoms with Crippen LogP contribution in [0, 0.1) is 11.8 Å². The molecule has 1 amide bonds. The van der Waals surface area contributed by atoms with Crippen LogP contribution in [0.2, 0.25) is 0 Å². The Bertz CT molecular complexity index is 1350. The minimum absolute atomic E-state index is 0.0458. The number of carbonyl (C=O) groups excluding carboxylic acids is 2. The van der Waals surface area contributed by atoms with Crippen molar-refractivity contribution >= 4 is 12.1 Å². The third-order valence-corrected chi connectivity index (χ3v) is 8.35. The van der Waals surface area contributed by atoms with Crippen LogP contribution in [-0.4, -0.2) is 44.0 Å². The van der Waals surface area contributed by atoms with Crippen LogP contribution in [0.1, 0.15) is 54.5 Å². The van der Waals surface area contributed by atoms with Crippen LogP contribution in [-0.2, 0) is 38.6 Å². The van der Waals surface area contributed by atoms with Gasteiger partial charge in [0.1, 0.15) is 18.1 Å². The highest BCUT2D eigenvalue weighted by molar-refractivity contribution is 5.71. The fourth-order valence-electron chi connectivity index (χ4n) is 6.26. The number of carbonyl (C=O) groups is 2. The van der Waals surface area contributed by atoms with E-state index in [9.17, 15) is 9.59 Å². The standard InChI is InChI=1S/C34H39NO7/c1-4-26-25(20-31(36)42-33(26)40-21-23-11-7-5-8-12-23)19-28-32-27(29(38-2)15-16-30(32)39-3)17-18-35(28)34(37)41-22-24-13-9-6-10-14-24/h5-16,25-26,28,33H,4,17-22H2,1-3H3/t25-,26?,28-,33?/m0/s1. The molecule has 2 aliphatic heterocycles. The van der Waals surface area contributed by atoms with E-state index in [0.29, 0.717) is 31.7 Å². The summed E-state index contributed by atoms with van der Waals surface area (Å²) < 4.78 is 29.3. The SMILES string of the molecule is CCC1C(OCc2ccccc2)OC(=O)C[C@@H]1C[C@H]1c2c(OC)ccc(OC)c2CCN1C(=O)OCc1ccccc1. The Labute approximate surface area is 247 Å². The number of esters is 1. The van der Waals surface area contributed by atoms with Crippen LogP contribution in [0.4, 0.5) is 4.79 Å². The normalized spacial score (nSPS) is 21.7. The average molecular weight is 574 g/mol. The first-order chi connectivity index (χ1) is 20.5. The summed E-state index contributed by atoms with van der Waals surface area (Å²) in [7, 11) is 3.28. The third-order valence-electron chi connectivity index (χ3n) is 8.35. The van der Waals surface area contributed by atoms with E-state index in [1.165, 1.54) is 0 Å². The van der Waals surface area contributed by atoms with Gasteiger partial charge in [-0.1, -0.05) is 67.6 Å². The number of hydrogen-bond donors (Lipinski definition) is 0. The molecule has 222 valence electrons. The van der Waals surface area contributed by atoms with Gasteiger partial charge in [-0.05, 0) is 48.4 Å². The van der Waals surface area contributed by atoms with Gasteiger partial charge in [0.25, 0.3) is 0 Å². The third kappa shape index (κ3) is 6.54. The van der Waals surface area contributed by atoms with Gasteiger partial charge in [-0.25, -0.2) is 4.79 Å². The summed E-state index contributed by atoms with van der Waals surface area (Å²) in [5, 5.41) is 0. The van der Waals surface area contributed by atoms with E-state index in [-0.39, 0.29) is 36.9 Å². The van der Waals surface area contributed by atoms with E-state index >= 15 is 0 Å². The number of cyclic esters (lactones) is 1. The Kier molecular flexibility index (Phi) is 9.64. The zero-order valence-corrected chi connectivity index (χ0v) is 24.5. The number of fused-ring (bicyclic) bond motifs is 1. The molecule has 1 saturated heterocycles. The minimum Gasteiger partial charge on any atom is -0.496 e. The van der Waals surface area contributed by atoms with Crippen molar-refractivity contribution in [3.05, 3.63) is 95.1 Å². The number of ether oxygens (including phenoxy) is 5. The minimum atomic E-state index is -0.671. The molecule has 1 fully saturated rings. The van der Waals surface area contributed by atoms with Gasteiger partial charge in [-0.3, -0.25) is 4.79 Å². The second-order valence-electron chi connectivity index (χ2n) is 10.8. The molecule has 0 radical (unpaired) electrons. The number of methoxy groups -OCH3 is 2. The molecule has 0 bridgehead atoms. The Morgan fingerprint density at radius 1 is 0.905 bits per heavy atom. The molecule has 0 saturated carbocycles. The van der Waals surface area contributed by atoms with Crippen LogP contribution >= 0.6 is 0 Å². The molecule has 4 atom stereocenters. The maximum atomic E-state index is 13.6. The lowest BCUT2D eigenvalue weighted by Crippen LogP contribution is -2.45. The number of benzene rings is 3. The number of rotatable bonds is 10. The second-order valence-corrected chi connectivity index (χ2v) is 10.8. The fraction of sp³-hybridized carbons (Fsp3) is 0.412. The van der Waals surface area contributed by atoms with Crippen molar-refractivity contribution in [1.82, 2.24) is 4.90 Å². The molecule has 2 heterocycles. The van der Waals surface area contributed by atoms with E-state index in [1.54, 1.807) is 19.1 Å². The molecule has 0 N–H and O–H groups in total. The van der Waals surface area contributed by atoms with Gasteiger partial charge in [0, 0.05) is 30.0 Å². The highest BCUT2D eigenvalue weighted by atomic mass is 16.7. The van der Waals surface area contributed by atoms with Gasteiger partial charge in [0.05, 0.1) is 26.9 Å². The summed E-state index contributed by atoms with van der Waals surface area (Å²) in [4.78, 5) is 28.3. The molecule has 8 heteroatoms. The lowest BCUT2D eigenvalue weighted by Gasteiger charge is -2.43. The molecule has 0 aliphatic carbocycles. The van der Waals surface area contributed by atoms with Crippen molar-refractivity contribution in [3.8, 4) is 11.5 Å². The molecule has 0 aromatic heterocycles. The molecule has 5 rings (SSSR count). The van der Waals surface area contributed by atoms with Gasteiger partial charge in [0.15, 0.2) is 0 Å². The lowest BCUT2D eigenvalue weighted by molar-refractivity contribution is -0.217. The smallest absolute Gasteiger partial charge is 0.410 e. The van der Waals surface area contributed by atoms with Crippen LogP contribution in [0.5, 0.6) is 11.5 Å². The van der Waals surface area contributed by atoms with Crippen LogP contribution < -0.4 is 9.47 Å². The van der Waals surface area contributed by atoms with Crippen molar-refractivity contribution in [3.63, 3.8) is 0 Å². The summed E-state index contributed by atoms with van der Waals surface area (Å²) in [6, 6.07) is 22.9. The number of hydrogen-bond acceptors (Lipinski definition) is 7. The first kappa shape index (κ1) is 29.5. The summed E-state index contributed by atoms with van der Waals surface area (Å²) in [5.41, 5.74) is 3.84. The van der Waals surface area contributed by atoms with Crippen LogP contribution in [0.15, 0.2) is 72.8 Å². The highest BCUT2D eigenvalue weighted by Crippen LogP contribution is 2.47. The molecular formula is C34H39NO7. The van der Waals surface area contributed by atoms with Gasteiger partial charge in [-0.15, -0.1) is 0 Å². The van der Waals surface area contributed by atoms with Crippen LogP contribution in [0.3, 0.4) is 0 Å².